The predicted molar refractivity (Wildman–Crippen MR) is 128 cm³/mol. The number of nitrogens with one attached hydrogen (secondary N) is 1. The summed E-state index contributed by atoms with van der Waals surface area (Å²) in [4.78, 5) is 24.9. The second-order valence-corrected chi connectivity index (χ2v) is 11.6. The quantitative estimate of drug-likeness (QED) is 0.223. The van der Waals surface area contributed by atoms with Gasteiger partial charge in [-0.25, -0.2) is 0 Å². The molecule has 1 amide bonds. The minimum atomic E-state index is -0.351. The third kappa shape index (κ3) is 7.18. The van der Waals surface area contributed by atoms with Crippen molar-refractivity contribution >= 4 is 23.9 Å². The van der Waals surface area contributed by atoms with Crippen molar-refractivity contribution in [3.63, 3.8) is 0 Å². The summed E-state index contributed by atoms with van der Waals surface area (Å²) in [7, 11) is 0. The molecule has 7 nitrogen and oxygen atoms in total. The van der Waals surface area contributed by atoms with Crippen LogP contribution in [0.5, 0.6) is 0 Å². The molecule has 0 atom stereocenters. The summed E-state index contributed by atoms with van der Waals surface area (Å²) in [5, 5.41) is 14.2. The molecule has 2 aliphatic rings. The lowest BCUT2D eigenvalue weighted by Gasteiger charge is -2.53. The van der Waals surface area contributed by atoms with Crippen LogP contribution in [-0.4, -0.2) is 59.4 Å². The minimum absolute atomic E-state index is 0.116. The first-order valence-corrected chi connectivity index (χ1v) is 12.5. The number of benzene rings is 1. The number of non-ortho nitro benzene ring substituents is 1. The fraction of sp³-hybridized carbons (Fsp3) is 0.708. The monoisotopic (exact) mass is 463 g/mol. The van der Waals surface area contributed by atoms with Gasteiger partial charge in [0.2, 0.25) is 6.41 Å². The Morgan fingerprint density at radius 1 is 1.22 bits per heavy atom. The number of piperidine rings is 1. The Hall–Kier alpha value is -1.64. The summed E-state index contributed by atoms with van der Waals surface area (Å²) in [5.41, 5.74) is 0.305. The van der Waals surface area contributed by atoms with Gasteiger partial charge in [0.1, 0.15) is 0 Å². The molecular weight excluding hydrogens is 426 g/mol. The largest absolute Gasteiger partial charge is 0.376 e. The lowest BCUT2D eigenvalue weighted by molar-refractivity contribution is -0.384. The van der Waals surface area contributed by atoms with E-state index < -0.39 is 0 Å². The van der Waals surface area contributed by atoms with E-state index in [1.54, 1.807) is 12.1 Å². The molecule has 1 heterocycles. The Morgan fingerprint density at radius 2 is 1.88 bits per heavy atom. The highest BCUT2D eigenvalue weighted by atomic mass is 32.2. The molecule has 1 N–H and O–H groups in total. The van der Waals surface area contributed by atoms with Crippen molar-refractivity contribution in [2.45, 2.75) is 81.1 Å². The number of hydrogen-bond acceptors (Lipinski definition) is 6. The SMILES string of the molecule is CC(C)(C)OCCC1(CCNC=O)CC(N2CCC(Sc3ccc([N+](=O)[O-])cc3)CC2)C1. The number of carbonyl (C=O) groups excluding carboxylic acids is 1. The zero-order chi connectivity index (χ0) is 23.2. The normalized spacial score (nSPS) is 24.7. The topological polar surface area (TPSA) is 84.7 Å². The van der Waals surface area contributed by atoms with E-state index in [9.17, 15) is 14.9 Å². The van der Waals surface area contributed by atoms with Gasteiger partial charge in [0, 0.05) is 41.5 Å². The van der Waals surface area contributed by atoms with Gasteiger partial charge in [-0.3, -0.25) is 14.9 Å². The molecule has 1 aliphatic heterocycles. The third-order valence-electron chi connectivity index (χ3n) is 6.73. The zero-order valence-corrected chi connectivity index (χ0v) is 20.4. The van der Waals surface area contributed by atoms with Gasteiger partial charge in [-0.05, 0) is 89.9 Å². The van der Waals surface area contributed by atoms with E-state index in [4.69, 9.17) is 4.74 Å². The van der Waals surface area contributed by atoms with Crippen molar-refractivity contribution in [3.8, 4) is 0 Å². The van der Waals surface area contributed by atoms with Crippen LogP contribution < -0.4 is 5.32 Å². The van der Waals surface area contributed by atoms with Gasteiger partial charge in [-0.1, -0.05) is 0 Å². The average molecular weight is 464 g/mol. The van der Waals surface area contributed by atoms with Gasteiger partial charge in [-0.15, -0.1) is 11.8 Å². The number of rotatable bonds is 11. The van der Waals surface area contributed by atoms with Crippen LogP contribution >= 0.6 is 11.8 Å². The molecular formula is C24H37N3O4S. The van der Waals surface area contributed by atoms with Crippen molar-refractivity contribution < 1.29 is 14.5 Å². The fourth-order valence-electron chi connectivity index (χ4n) is 4.90. The number of hydrogen-bond donors (Lipinski definition) is 1. The molecule has 1 saturated heterocycles. The van der Waals surface area contributed by atoms with Gasteiger partial charge in [-0.2, -0.15) is 0 Å². The summed E-state index contributed by atoms with van der Waals surface area (Å²) >= 11 is 1.84. The molecule has 1 aromatic carbocycles. The van der Waals surface area contributed by atoms with E-state index in [0.717, 1.165) is 63.2 Å². The first-order valence-electron chi connectivity index (χ1n) is 11.7. The standard InChI is InChI=1S/C24H37N3O4S/c1-23(2,3)31-15-11-24(10-12-25-18-28)16-20(17-24)26-13-8-22(9-14-26)32-21-6-4-19(5-7-21)27(29)30/h4-7,18,20,22H,8-17H2,1-3H3,(H,25,28). The predicted octanol–water partition coefficient (Wildman–Crippen LogP) is 4.64. The van der Waals surface area contributed by atoms with Crippen LogP contribution in [0.25, 0.3) is 0 Å². The molecule has 0 unspecified atom stereocenters. The second-order valence-electron chi connectivity index (χ2n) is 10.2. The Balaban J connectivity index is 1.44. The Kier molecular flexibility index (Phi) is 8.58. The lowest BCUT2D eigenvalue weighted by atomic mass is 9.61. The molecule has 1 saturated carbocycles. The van der Waals surface area contributed by atoms with Gasteiger partial charge in [0.25, 0.3) is 5.69 Å². The van der Waals surface area contributed by atoms with Crippen LogP contribution in [-0.2, 0) is 9.53 Å². The molecule has 3 rings (SSSR count). The van der Waals surface area contributed by atoms with E-state index >= 15 is 0 Å². The van der Waals surface area contributed by atoms with Gasteiger partial charge >= 0.3 is 0 Å². The van der Waals surface area contributed by atoms with Crippen molar-refractivity contribution in [3.05, 3.63) is 34.4 Å². The van der Waals surface area contributed by atoms with E-state index in [2.05, 4.69) is 31.0 Å². The summed E-state index contributed by atoms with van der Waals surface area (Å²) in [6.07, 6.45) is 7.51. The summed E-state index contributed by atoms with van der Waals surface area (Å²) in [5.74, 6) is 0. The number of nitro groups is 1. The van der Waals surface area contributed by atoms with Crippen LogP contribution in [0.3, 0.4) is 0 Å². The van der Waals surface area contributed by atoms with E-state index in [1.165, 1.54) is 12.8 Å². The van der Waals surface area contributed by atoms with Gasteiger partial charge in [0.15, 0.2) is 0 Å². The van der Waals surface area contributed by atoms with Crippen LogP contribution in [0.1, 0.15) is 59.3 Å². The van der Waals surface area contributed by atoms with Crippen molar-refractivity contribution in [2.75, 3.05) is 26.2 Å². The number of carbonyl (C=O) groups is 1. The number of amides is 1. The van der Waals surface area contributed by atoms with E-state index in [-0.39, 0.29) is 21.6 Å². The Labute approximate surface area is 195 Å². The smallest absolute Gasteiger partial charge is 0.269 e. The first-order chi connectivity index (χ1) is 15.2. The van der Waals surface area contributed by atoms with E-state index in [0.29, 0.717) is 11.3 Å². The summed E-state index contributed by atoms with van der Waals surface area (Å²) < 4.78 is 6.00. The highest BCUT2D eigenvalue weighted by Gasteiger charge is 2.46. The van der Waals surface area contributed by atoms with Crippen LogP contribution in [0.2, 0.25) is 0 Å². The van der Waals surface area contributed by atoms with Crippen LogP contribution in [0, 0.1) is 15.5 Å². The second kappa shape index (κ2) is 11.0. The maximum atomic E-state index is 10.8. The van der Waals surface area contributed by atoms with Gasteiger partial charge in [0.05, 0.1) is 10.5 Å². The number of thioether (sulfide) groups is 1. The molecule has 0 radical (unpaired) electrons. The van der Waals surface area contributed by atoms with E-state index in [1.807, 2.05) is 23.9 Å². The molecule has 2 fully saturated rings. The van der Waals surface area contributed by atoms with Crippen molar-refractivity contribution in [1.29, 1.82) is 0 Å². The van der Waals surface area contributed by atoms with Crippen LogP contribution in [0.4, 0.5) is 5.69 Å². The maximum Gasteiger partial charge on any atom is 0.269 e. The lowest BCUT2D eigenvalue weighted by Crippen LogP contribution is -2.54. The number of nitro benzene ring substituents is 1. The molecule has 1 aliphatic carbocycles. The minimum Gasteiger partial charge on any atom is -0.376 e. The number of ether oxygens (including phenoxy) is 1. The molecule has 178 valence electrons. The number of nitrogens with zero attached hydrogens (tertiary/aromatic N) is 2. The molecule has 1 aromatic rings. The van der Waals surface area contributed by atoms with Crippen LogP contribution in [0.15, 0.2) is 29.2 Å². The Bertz CT molecular complexity index is 752. The molecule has 8 heteroatoms. The maximum absolute atomic E-state index is 10.8. The first kappa shape index (κ1) is 25.0. The summed E-state index contributed by atoms with van der Waals surface area (Å²) in [6.45, 7) is 10.0. The zero-order valence-electron chi connectivity index (χ0n) is 19.5. The summed E-state index contributed by atoms with van der Waals surface area (Å²) in [6, 6.07) is 7.54. The highest BCUT2D eigenvalue weighted by molar-refractivity contribution is 8.00. The van der Waals surface area contributed by atoms with Crippen molar-refractivity contribution in [1.82, 2.24) is 10.2 Å². The third-order valence-corrected chi connectivity index (χ3v) is 8.08. The average Bonchev–Trinajstić information content (AvgIpc) is 2.71. The molecule has 0 bridgehead atoms. The van der Waals surface area contributed by atoms with Crippen molar-refractivity contribution in [2.24, 2.45) is 5.41 Å². The highest BCUT2D eigenvalue weighted by Crippen LogP contribution is 2.50. The Morgan fingerprint density at radius 3 is 2.44 bits per heavy atom. The number of likely N-dealkylation sites (tertiary alicyclic amines) is 1. The molecule has 32 heavy (non-hydrogen) atoms. The molecule has 0 aromatic heterocycles. The fourth-order valence-corrected chi connectivity index (χ4v) is 6.02. The molecule has 0 spiro atoms. The van der Waals surface area contributed by atoms with Gasteiger partial charge < -0.3 is 15.0 Å².